The van der Waals surface area contributed by atoms with E-state index in [1.165, 1.54) is 0 Å². The minimum absolute atomic E-state index is 0.0157. The van der Waals surface area contributed by atoms with Crippen LogP contribution >= 0.6 is 23.2 Å². The van der Waals surface area contributed by atoms with Crippen molar-refractivity contribution in [2.24, 2.45) is 0 Å². The molecule has 0 bridgehead atoms. The van der Waals surface area contributed by atoms with Crippen molar-refractivity contribution in [1.82, 2.24) is 9.80 Å². The molecule has 1 N–H and O–H groups in total. The Bertz CT molecular complexity index is 785. The van der Waals surface area contributed by atoms with Crippen molar-refractivity contribution in [1.29, 1.82) is 0 Å². The number of aliphatic hydroxyl groups excluding tert-OH is 1. The van der Waals surface area contributed by atoms with Crippen LogP contribution in [0.25, 0.3) is 0 Å². The zero-order valence-electron chi connectivity index (χ0n) is 15.3. The van der Waals surface area contributed by atoms with Crippen molar-refractivity contribution in [3.63, 3.8) is 0 Å². The zero-order chi connectivity index (χ0) is 19.4. The molecule has 2 aromatic rings. The van der Waals surface area contributed by atoms with Crippen LogP contribution in [0.1, 0.15) is 23.6 Å². The third kappa shape index (κ3) is 5.23. The lowest BCUT2D eigenvalue weighted by molar-refractivity contribution is -0.131. The summed E-state index contributed by atoms with van der Waals surface area (Å²) < 4.78 is 0. The number of carbonyl (C=O) groups excluding carboxylic acids is 1. The summed E-state index contributed by atoms with van der Waals surface area (Å²) in [4.78, 5) is 17.0. The van der Waals surface area contributed by atoms with Crippen LogP contribution in [0.2, 0.25) is 10.0 Å². The molecule has 0 spiro atoms. The Labute approximate surface area is 170 Å². The molecule has 1 aliphatic rings. The van der Waals surface area contributed by atoms with Gasteiger partial charge in [-0.1, -0.05) is 59.6 Å². The number of halogens is 2. The molecule has 3 rings (SSSR count). The highest BCUT2D eigenvalue weighted by Crippen LogP contribution is 2.26. The largest absolute Gasteiger partial charge is 0.392 e. The van der Waals surface area contributed by atoms with Gasteiger partial charge in [0.25, 0.3) is 0 Å². The number of rotatable bonds is 6. The van der Waals surface area contributed by atoms with Crippen LogP contribution in [0.4, 0.5) is 0 Å². The zero-order valence-corrected chi connectivity index (χ0v) is 16.8. The molecule has 0 radical (unpaired) electrons. The molecule has 1 aliphatic heterocycles. The van der Waals surface area contributed by atoms with Crippen molar-refractivity contribution in [3.05, 3.63) is 69.7 Å². The quantitative estimate of drug-likeness (QED) is 0.792. The van der Waals surface area contributed by atoms with E-state index >= 15 is 0 Å². The maximum Gasteiger partial charge on any atom is 0.227 e. The van der Waals surface area contributed by atoms with E-state index in [0.717, 1.165) is 24.1 Å². The highest BCUT2D eigenvalue weighted by atomic mass is 35.5. The molecule has 1 heterocycles. The first-order valence-corrected chi connectivity index (χ1v) is 9.84. The van der Waals surface area contributed by atoms with E-state index in [4.69, 9.17) is 23.2 Å². The lowest BCUT2D eigenvalue weighted by Gasteiger charge is -2.32. The average molecular weight is 407 g/mol. The van der Waals surface area contributed by atoms with Gasteiger partial charge in [-0.15, -0.1) is 0 Å². The van der Waals surface area contributed by atoms with Gasteiger partial charge in [0, 0.05) is 26.7 Å². The Kier molecular flexibility index (Phi) is 6.77. The second-order valence-corrected chi connectivity index (χ2v) is 7.87. The topological polar surface area (TPSA) is 43.8 Å². The lowest BCUT2D eigenvalue weighted by Crippen LogP contribution is -2.39. The Morgan fingerprint density at radius 3 is 2.59 bits per heavy atom. The van der Waals surface area contributed by atoms with E-state index in [1.807, 2.05) is 43.4 Å². The van der Waals surface area contributed by atoms with Gasteiger partial charge in [-0.25, -0.2) is 0 Å². The maximum absolute atomic E-state index is 12.9. The van der Waals surface area contributed by atoms with E-state index in [0.29, 0.717) is 23.1 Å². The number of aliphatic hydroxyl groups is 1. The fourth-order valence-electron chi connectivity index (χ4n) is 3.47. The third-order valence-corrected chi connectivity index (χ3v) is 5.80. The maximum atomic E-state index is 12.9. The summed E-state index contributed by atoms with van der Waals surface area (Å²) in [6, 6.07) is 15.2. The molecule has 0 aromatic heterocycles. The predicted octanol–water partition coefficient (Wildman–Crippen LogP) is 3.80. The molecule has 4 nitrogen and oxygen atoms in total. The van der Waals surface area contributed by atoms with Crippen molar-refractivity contribution in [2.75, 3.05) is 26.7 Å². The summed E-state index contributed by atoms with van der Waals surface area (Å²) in [5.74, 6) is 0.0157. The molecule has 2 aromatic carbocycles. The number of carbonyl (C=O) groups is 1. The molecule has 2 atom stereocenters. The van der Waals surface area contributed by atoms with Crippen LogP contribution in [0.15, 0.2) is 48.5 Å². The fraction of sp³-hybridized carbons (Fsp3) is 0.381. The van der Waals surface area contributed by atoms with E-state index in [1.54, 1.807) is 17.0 Å². The second-order valence-electron chi connectivity index (χ2n) is 7.06. The highest BCUT2D eigenvalue weighted by molar-refractivity contribution is 6.42. The summed E-state index contributed by atoms with van der Waals surface area (Å²) in [5, 5.41) is 10.8. The summed E-state index contributed by atoms with van der Waals surface area (Å²) in [5.41, 5.74) is 1.92. The normalized spacial score (nSPS) is 18.4. The van der Waals surface area contributed by atoms with Crippen LogP contribution in [-0.4, -0.2) is 53.6 Å². The van der Waals surface area contributed by atoms with Crippen molar-refractivity contribution in [3.8, 4) is 0 Å². The fourth-order valence-corrected chi connectivity index (χ4v) is 3.79. The molecule has 0 aliphatic carbocycles. The molecular formula is C21H24Cl2N2O2. The summed E-state index contributed by atoms with van der Waals surface area (Å²) in [6.07, 6.45) is 0.764. The van der Waals surface area contributed by atoms with E-state index < -0.39 is 0 Å². The van der Waals surface area contributed by atoms with Crippen molar-refractivity contribution < 1.29 is 9.90 Å². The molecule has 1 fully saturated rings. The molecule has 144 valence electrons. The lowest BCUT2D eigenvalue weighted by atomic mass is 10.0. The molecule has 1 amide bonds. The van der Waals surface area contributed by atoms with Gasteiger partial charge < -0.3 is 10.0 Å². The standard InChI is InChI=1S/C21H24Cl2N2O2/c1-24(21(27)12-15-7-8-18(22)19(23)11-15)20(16-5-3-2-4-6-16)14-25-10-9-17(26)13-25/h2-8,11,17,20,26H,9-10,12-14H2,1H3/t17?,20-/m1/s1. The van der Waals surface area contributed by atoms with E-state index in [-0.39, 0.29) is 24.5 Å². The smallest absolute Gasteiger partial charge is 0.227 e. The van der Waals surface area contributed by atoms with Gasteiger partial charge in [0.15, 0.2) is 0 Å². The minimum atomic E-state index is -0.279. The van der Waals surface area contributed by atoms with Crippen LogP contribution in [0.3, 0.4) is 0 Å². The first-order chi connectivity index (χ1) is 12.9. The van der Waals surface area contributed by atoms with Crippen LogP contribution < -0.4 is 0 Å². The molecule has 27 heavy (non-hydrogen) atoms. The van der Waals surface area contributed by atoms with Gasteiger partial charge >= 0.3 is 0 Å². The van der Waals surface area contributed by atoms with Gasteiger partial charge in [-0.3, -0.25) is 9.69 Å². The van der Waals surface area contributed by atoms with Crippen molar-refractivity contribution in [2.45, 2.75) is 25.0 Å². The van der Waals surface area contributed by atoms with Crippen LogP contribution in [0.5, 0.6) is 0 Å². The van der Waals surface area contributed by atoms with E-state index in [9.17, 15) is 9.90 Å². The van der Waals surface area contributed by atoms with Crippen LogP contribution in [0, 0.1) is 0 Å². The number of nitrogens with zero attached hydrogens (tertiary/aromatic N) is 2. The SMILES string of the molecule is CN(C(=O)Cc1ccc(Cl)c(Cl)c1)[C@H](CN1CCC(O)C1)c1ccccc1. The Morgan fingerprint density at radius 1 is 1.22 bits per heavy atom. The number of likely N-dealkylation sites (N-methyl/N-ethyl adjacent to an activating group) is 1. The Hall–Kier alpha value is -1.59. The number of amides is 1. The Balaban J connectivity index is 1.75. The molecule has 1 unspecified atom stereocenters. The predicted molar refractivity (Wildman–Crippen MR) is 109 cm³/mol. The second kappa shape index (κ2) is 9.07. The highest BCUT2D eigenvalue weighted by Gasteiger charge is 2.28. The number of likely N-dealkylation sites (tertiary alicyclic amines) is 1. The van der Waals surface area contributed by atoms with Gasteiger partial charge in [-0.2, -0.15) is 0 Å². The summed E-state index contributed by atoms with van der Waals surface area (Å²) in [7, 11) is 1.84. The molecule has 1 saturated heterocycles. The van der Waals surface area contributed by atoms with Gasteiger partial charge in [0.2, 0.25) is 5.91 Å². The van der Waals surface area contributed by atoms with Crippen LogP contribution in [-0.2, 0) is 11.2 Å². The van der Waals surface area contributed by atoms with Gasteiger partial charge in [0.05, 0.1) is 28.6 Å². The monoisotopic (exact) mass is 406 g/mol. The molecule has 6 heteroatoms. The molecule has 0 saturated carbocycles. The summed E-state index contributed by atoms with van der Waals surface area (Å²) >= 11 is 12.0. The van der Waals surface area contributed by atoms with Crippen molar-refractivity contribution >= 4 is 29.1 Å². The molecular weight excluding hydrogens is 383 g/mol. The first-order valence-electron chi connectivity index (χ1n) is 9.09. The minimum Gasteiger partial charge on any atom is -0.392 e. The number of benzene rings is 2. The van der Waals surface area contributed by atoms with E-state index in [2.05, 4.69) is 4.90 Å². The van der Waals surface area contributed by atoms with Gasteiger partial charge in [-0.05, 0) is 29.7 Å². The number of hydrogen-bond donors (Lipinski definition) is 1. The third-order valence-electron chi connectivity index (χ3n) is 5.06. The summed E-state index contributed by atoms with van der Waals surface area (Å²) in [6.45, 7) is 2.20. The number of β-amino-alcohol motifs (C(OH)–C–C–N with tert-alkyl or cyclic N) is 1. The number of hydrogen-bond acceptors (Lipinski definition) is 3. The Morgan fingerprint density at radius 2 is 1.96 bits per heavy atom. The average Bonchev–Trinajstić information content (AvgIpc) is 3.08. The van der Waals surface area contributed by atoms with Gasteiger partial charge in [0.1, 0.15) is 0 Å². The first kappa shape index (κ1) is 20.2.